The largest absolute Gasteiger partial charge is 0.522 e. The van der Waals surface area contributed by atoms with E-state index in [2.05, 4.69) is 30.7 Å². The molecule has 0 saturated carbocycles. The number of pyridine rings is 1. The summed E-state index contributed by atoms with van der Waals surface area (Å²) < 4.78 is 41.1. The zero-order valence-electron chi connectivity index (χ0n) is 19.8. The number of nitrogens with zero attached hydrogens (tertiary/aromatic N) is 1. The molecule has 1 aliphatic heterocycles. The molecule has 1 saturated heterocycles. The van der Waals surface area contributed by atoms with Gasteiger partial charge >= 0.3 is 6.36 Å². The average molecular weight is 512 g/mol. The summed E-state index contributed by atoms with van der Waals surface area (Å²) in [5.74, 6) is -3.42. The molecule has 1 fully saturated rings. The zero-order chi connectivity index (χ0) is 26.5. The molecule has 0 radical (unpaired) electrons. The third kappa shape index (κ3) is 7.26. The Morgan fingerprint density at radius 3 is 2.61 bits per heavy atom. The number of hydrogen-bond donors (Lipinski definition) is 4. The number of ketones is 1. The quantitative estimate of drug-likeness (QED) is 0.363. The molecule has 13 heteroatoms. The van der Waals surface area contributed by atoms with Crippen molar-refractivity contribution >= 4 is 34.5 Å². The highest BCUT2D eigenvalue weighted by Crippen LogP contribution is 2.20. The first-order valence-corrected chi connectivity index (χ1v) is 11.5. The van der Waals surface area contributed by atoms with Crippen LogP contribution < -0.4 is 16.0 Å². The highest BCUT2D eigenvalue weighted by molar-refractivity contribution is 6.06. The molecule has 4 N–H and O–H groups in total. The lowest BCUT2D eigenvalue weighted by Gasteiger charge is -2.25. The van der Waals surface area contributed by atoms with Gasteiger partial charge in [0.15, 0.2) is 5.78 Å². The summed E-state index contributed by atoms with van der Waals surface area (Å²) in [5, 5.41) is 7.66. The van der Waals surface area contributed by atoms with Gasteiger partial charge in [0.2, 0.25) is 11.8 Å². The Morgan fingerprint density at radius 2 is 1.97 bits per heavy atom. The molecule has 0 unspecified atom stereocenters. The minimum absolute atomic E-state index is 0.0505. The van der Waals surface area contributed by atoms with Crippen LogP contribution in [-0.4, -0.2) is 65.1 Å². The summed E-state index contributed by atoms with van der Waals surface area (Å²) in [7, 11) is 0. The molecule has 2 aromatic rings. The number of carbonyl (C=O) groups excluding carboxylic acids is 4. The summed E-state index contributed by atoms with van der Waals surface area (Å²) >= 11 is 0. The molecule has 0 spiro atoms. The maximum atomic E-state index is 13.2. The molecule has 0 bridgehead atoms. The average Bonchev–Trinajstić information content (AvgIpc) is 3.41. The fourth-order valence-electron chi connectivity index (χ4n) is 4.02. The molecule has 3 amide bonds. The van der Waals surface area contributed by atoms with E-state index in [0.717, 1.165) is 0 Å². The Hall–Kier alpha value is -3.48. The molecule has 3 rings (SSSR count). The van der Waals surface area contributed by atoms with Crippen molar-refractivity contribution in [3.05, 3.63) is 30.1 Å². The number of alkyl halides is 3. The summed E-state index contributed by atoms with van der Waals surface area (Å²) in [6.07, 6.45) is -1.68. The third-order valence-corrected chi connectivity index (χ3v) is 5.77. The van der Waals surface area contributed by atoms with E-state index in [1.54, 1.807) is 12.1 Å². The summed E-state index contributed by atoms with van der Waals surface area (Å²) in [5.41, 5.74) is 1.24. The fraction of sp³-hybridized carbons (Fsp3) is 0.522. The molecule has 3 heterocycles. The number of carbonyl (C=O) groups is 4. The van der Waals surface area contributed by atoms with E-state index in [0.29, 0.717) is 24.0 Å². The van der Waals surface area contributed by atoms with Crippen LogP contribution in [0.3, 0.4) is 0 Å². The van der Waals surface area contributed by atoms with Crippen molar-refractivity contribution in [2.75, 3.05) is 13.2 Å². The van der Waals surface area contributed by atoms with Crippen molar-refractivity contribution in [2.24, 2.45) is 11.8 Å². The van der Waals surface area contributed by atoms with Crippen LogP contribution in [-0.2, 0) is 19.1 Å². The Kier molecular flexibility index (Phi) is 8.66. The van der Waals surface area contributed by atoms with Crippen molar-refractivity contribution in [1.29, 1.82) is 0 Å². The maximum absolute atomic E-state index is 13.2. The van der Waals surface area contributed by atoms with Gasteiger partial charge in [0.25, 0.3) is 5.91 Å². The lowest BCUT2D eigenvalue weighted by molar-refractivity contribution is -0.321. The number of halogens is 3. The number of rotatable bonds is 11. The standard InChI is InChI=1S/C23H28F3N5O5/c1-12(2)8-17(31-21(34)14-10-29-15-4-3-6-27-19(14)15)22(35)30-16(9-13-5-7-28-20(13)33)18(32)11-36-23(24,25)26/h3-4,6,10,12-13,16-17,29H,5,7-9,11H2,1-2H3,(H,28,33)(H,30,35)(H,31,34)/t13-,16-,17-/m0/s1. The molecular formula is C23H28F3N5O5. The van der Waals surface area contributed by atoms with Gasteiger partial charge in [0, 0.05) is 24.9 Å². The fourth-order valence-corrected chi connectivity index (χ4v) is 4.02. The summed E-state index contributed by atoms with van der Waals surface area (Å²) in [6, 6.07) is 0.924. The molecule has 0 aromatic carbocycles. The number of Topliss-reactive ketones (excluding diaryl/α,β-unsaturated/α-hetero) is 1. The number of H-pyrrole nitrogens is 1. The van der Waals surface area contributed by atoms with E-state index >= 15 is 0 Å². The maximum Gasteiger partial charge on any atom is 0.522 e. The van der Waals surface area contributed by atoms with Gasteiger partial charge < -0.3 is 20.9 Å². The molecule has 10 nitrogen and oxygen atoms in total. The molecule has 2 aromatic heterocycles. The predicted octanol–water partition coefficient (Wildman–Crippen LogP) is 1.82. The number of hydrogen-bond acceptors (Lipinski definition) is 6. The summed E-state index contributed by atoms with van der Waals surface area (Å²) in [6.45, 7) is 2.69. The van der Waals surface area contributed by atoms with Crippen molar-refractivity contribution in [3.8, 4) is 0 Å². The van der Waals surface area contributed by atoms with E-state index < -0.39 is 48.6 Å². The van der Waals surface area contributed by atoms with Crippen LogP contribution >= 0.6 is 0 Å². The molecular weight excluding hydrogens is 483 g/mol. The number of aromatic amines is 1. The van der Waals surface area contributed by atoms with Gasteiger partial charge in [-0.1, -0.05) is 13.8 Å². The Morgan fingerprint density at radius 1 is 1.22 bits per heavy atom. The van der Waals surface area contributed by atoms with Gasteiger partial charge in [-0.3, -0.25) is 28.9 Å². The molecule has 196 valence electrons. The topological polar surface area (TPSA) is 142 Å². The van der Waals surface area contributed by atoms with Crippen LogP contribution in [0.5, 0.6) is 0 Å². The Balaban J connectivity index is 1.76. The van der Waals surface area contributed by atoms with E-state index in [-0.39, 0.29) is 30.2 Å². The van der Waals surface area contributed by atoms with E-state index in [4.69, 9.17) is 0 Å². The van der Waals surface area contributed by atoms with Gasteiger partial charge in [0.1, 0.15) is 18.2 Å². The second-order valence-corrected chi connectivity index (χ2v) is 9.03. The van der Waals surface area contributed by atoms with Gasteiger partial charge in [0.05, 0.1) is 17.1 Å². The van der Waals surface area contributed by atoms with Gasteiger partial charge in [-0.05, 0) is 37.3 Å². The van der Waals surface area contributed by atoms with Crippen molar-refractivity contribution in [1.82, 2.24) is 25.9 Å². The second-order valence-electron chi connectivity index (χ2n) is 9.03. The van der Waals surface area contributed by atoms with Crippen LogP contribution in [0.2, 0.25) is 0 Å². The lowest BCUT2D eigenvalue weighted by atomic mass is 9.95. The Labute approximate surface area is 204 Å². The first-order chi connectivity index (χ1) is 16.9. The van der Waals surface area contributed by atoms with Gasteiger partial charge in [-0.2, -0.15) is 0 Å². The smallest absolute Gasteiger partial charge is 0.359 e. The van der Waals surface area contributed by atoms with Crippen LogP contribution in [0.25, 0.3) is 11.0 Å². The van der Waals surface area contributed by atoms with Crippen molar-refractivity contribution in [3.63, 3.8) is 0 Å². The van der Waals surface area contributed by atoms with Crippen LogP contribution in [0.15, 0.2) is 24.5 Å². The number of nitrogens with one attached hydrogen (secondary N) is 4. The zero-order valence-corrected chi connectivity index (χ0v) is 19.8. The van der Waals surface area contributed by atoms with Crippen molar-refractivity contribution in [2.45, 2.75) is 51.6 Å². The number of fused-ring (bicyclic) bond motifs is 1. The monoisotopic (exact) mass is 511 g/mol. The van der Waals surface area contributed by atoms with Gasteiger partial charge in [-0.25, -0.2) is 0 Å². The number of amides is 3. The molecule has 0 aliphatic carbocycles. The molecule has 36 heavy (non-hydrogen) atoms. The molecule has 3 atom stereocenters. The minimum atomic E-state index is -5.03. The second kappa shape index (κ2) is 11.5. The van der Waals surface area contributed by atoms with Gasteiger partial charge in [-0.15, -0.1) is 13.2 Å². The van der Waals surface area contributed by atoms with Crippen LogP contribution in [0.1, 0.15) is 43.5 Å². The first kappa shape index (κ1) is 27.1. The lowest BCUT2D eigenvalue weighted by Crippen LogP contribution is -2.53. The predicted molar refractivity (Wildman–Crippen MR) is 121 cm³/mol. The highest BCUT2D eigenvalue weighted by atomic mass is 19.4. The van der Waals surface area contributed by atoms with E-state index in [1.807, 2.05) is 13.8 Å². The third-order valence-electron chi connectivity index (χ3n) is 5.77. The van der Waals surface area contributed by atoms with Crippen LogP contribution in [0.4, 0.5) is 13.2 Å². The normalized spacial score (nSPS) is 17.6. The first-order valence-electron chi connectivity index (χ1n) is 11.5. The van der Waals surface area contributed by atoms with E-state index in [9.17, 15) is 32.3 Å². The number of aromatic nitrogens is 2. The SMILES string of the molecule is CC(C)C[C@H](NC(=O)c1c[nH]c2cccnc12)C(=O)N[C@@H](C[C@@H]1CCNC1=O)C(=O)COC(F)(F)F. The van der Waals surface area contributed by atoms with Crippen LogP contribution in [0, 0.1) is 11.8 Å². The molecule has 1 aliphatic rings. The number of ether oxygens (including phenoxy) is 1. The Bertz CT molecular complexity index is 1120. The van der Waals surface area contributed by atoms with E-state index in [1.165, 1.54) is 12.4 Å². The van der Waals surface area contributed by atoms with Crippen molar-refractivity contribution < 1.29 is 37.1 Å². The summed E-state index contributed by atoms with van der Waals surface area (Å²) in [4.78, 5) is 57.7. The minimum Gasteiger partial charge on any atom is -0.359 e. The highest BCUT2D eigenvalue weighted by Gasteiger charge is 2.36.